The van der Waals surface area contributed by atoms with E-state index in [0.717, 1.165) is 0 Å². The van der Waals surface area contributed by atoms with Gasteiger partial charge < -0.3 is 9.84 Å². The van der Waals surface area contributed by atoms with Crippen molar-refractivity contribution in [2.45, 2.75) is 36.5 Å². The van der Waals surface area contributed by atoms with E-state index in [9.17, 15) is 41.0 Å². The quantitative estimate of drug-likeness (QED) is 0.122. The van der Waals surface area contributed by atoms with Gasteiger partial charge in [0.2, 0.25) is 11.8 Å². The van der Waals surface area contributed by atoms with Crippen molar-refractivity contribution >= 4 is 50.6 Å². The van der Waals surface area contributed by atoms with Crippen LogP contribution in [0.15, 0.2) is 113 Å². The molecule has 292 valence electrons. The van der Waals surface area contributed by atoms with Crippen LogP contribution in [0.25, 0.3) is 5.57 Å². The number of carbonyl (C=O) groups excluding carboxylic acids is 4. The molecule has 14 heteroatoms. The van der Waals surface area contributed by atoms with Crippen molar-refractivity contribution in [3.8, 4) is 11.5 Å². The Labute approximate surface area is 329 Å². The molecule has 2 fully saturated rings. The topological polar surface area (TPSA) is 101 Å². The molecule has 7 nitrogen and oxygen atoms in total. The summed E-state index contributed by atoms with van der Waals surface area (Å²) < 4.78 is 89.4. The zero-order valence-electron chi connectivity index (χ0n) is 29.7. The standard InChI is InChI=1S/C43H30BrF6NO6/c1-57-33-15-22(14-32(44)38(33)54)36-27-12-13-28-35(40(56)51(39(28)55)26-17-24(42(45,46)47)16-25(18-26)43(48,49)50)30(27)19-31-37(53)29(21-8-4-2-5-9-21)20-34(52)41(31,36)23-10-6-3-7-11-23/h2-12,14-18,20,28,30-31,35-36,54H,13,19H2,1H3. The van der Waals surface area contributed by atoms with Gasteiger partial charge in [0, 0.05) is 17.4 Å². The number of anilines is 1. The Morgan fingerprint density at radius 2 is 1.42 bits per heavy atom. The average Bonchev–Trinajstić information content (AvgIpc) is 3.44. The van der Waals surface area contributed by atoms with Gasteiger partial charge in [-0.25, -0.2) is 4.90 Å². The Bertz CT molecular complexity index is 2400. The van der Waals surface area contributed by atoms with E-state index in [-0.39, 0.29) is 40.5 Å². The lowest BCUT2D eigenvalue weighted by molar-refractivity contribution is -0.143. The molecule has 6 atom stereocenters. The fourth-order valence-electron chi connectivity index (χ4n) is 9.49. The van der Waals surface area contributed by atoms with Crippen LogP contribution in [0.3, 0.4) is 0 Å². The predicted octanol–water partition coefficient (Wildman–Crippen LogP) is 9.23. The minimum absolute atomic E-state index is 0.0222. The Kier molecular flexibility index (Phi) is 9.13. The van der Waals surface area contributed by atoms with Crippen LogP contribution in [0.1, 0.15) is 46.6 Å². The first-order valence-electron chi connectivity index (χ1n) is 17.8. The van der Waals surface area contributed by atoms with E-state index in [1.807, 2.05) is 0 Å². The van der Waals surface area contributed by atoms with E-state index in [1.165, 1.54) is 19.3 Å². The number of hydrogen-bond acceptors (Lipinski definition) is 6. The molecule has 0 bridgehead atoms. The van der Waals surface area contributed by atoms with E-state index in [4.69, 9.17) is 4.74 Å². The van der Waals surface area contributed by atoms with Crippen LogP contribution in [0.4, 0.5) is 32.0 Å². The van der Waals surface area contributed by atoms with Crippen molar-refractivity contribution < 1.29 is 55.4 Å². The fraction of sp³-hybridized carbons (Fsp3) is 0.256. The summed E-state index contributed by atoms with van der Waals surface area (Å²) in [6.45, 7) is 0. The summed E-state index contributed by atoms with van der Waals surface area (Å²) in [4.78, 5) is 59.4. The highest BCUT2D eigenvalue weighted by molar-refractivity contribution is 9.10. The first-order valence-corrected chi connectivity index (χ1v) is 18.6. The molecule has 2 amide bonds. The number of aromatic hydroxyl groups is 1. The lowest BCUT2D eigenvalue weighted by Gasteiger charge is -2.55. The van der Waals surface area contributed by atoms with E-state index < -0.39 is 87.6 Å². The molecule has 4 aromatic carbocycles. The van der Waals surface area contributed by atoms with Gasteiger partial charge in [-0.3, -0.25) is 19.2 Å². The third kappa shape index (κ3) is 5.93. The van der Waals surface area contributed by atoms with Crippen molar-refractivity contribution in [2.75, 3.05) is 12.0 Å². The van der Waals surface area contributed by atoms with Gasteiger partial charge in [0.25, 0.3) is 0 Å². The molecule has 6 unspecified atom stereocenters. The van der Waals surface area contributed by atoms with Gasteiger partial charge in [-0.2, -0.15) is 26.3 Å². The smallest absolute Gasteiger partial charge is 0.416 e. The second kappa shape index (κ2) is 13.6. The van der Waals surface area contributed by atoms with E-state index in [1.54, 1.807) is 72.8 Å². The van der Waals surface area contributed by atoms with Gasteiger partial charge in [0.05, 0.1) is 45.6 Å². The number of phenols is 1. The highest BCUT2D eigenvalue weighted by Crippen LogP contribution is 2.64. The zero-order valence-corrected chi connectivity index (χ0v) is 31.3. The number of halogens is 7. The van der Waals surface area contributed by atoms with E-state index >= 15 is 9.59 Å². The molecule has 0 spiro atoms. The van der Waals surface area contributed by atoms with Crippen LogP contribution >= 0.6 is 15.9 Å². The summed E-state index contributed by atoms with van der Waals surface area (Å²) in [7, 11) is 1.33. The van der Waals surface area contributed by atoms with Gasteiger partial charge in [-0.15, -0.1) is 0 Å². The second-order valence-corrected chi connectivity index (χ2v) is 15.5. The number of carbonyl (C=O) groups is 4. The monoisotopic (exact) mass is 849 g/mol. The maximum atomic E-state index is 15.2. The summed E-state index contributed by atoms with van der Waals surface area (Å²) in [6, 6.07) is 20.9. The molecule has 1 heterocycles. The number of methoxy groups -OCH3 is 1. The van der Waals surface area contributed by atoms with E-state index in [0.29, 0.717) is 39.3 Å². The molecule has 57 heavy (non-hydrogen) atoms. The SMILES string of the molecule is COc1cc(C2C3=CCC4C(=O)N(c5cc(C(F)(F)F)cc(C(F)(F)F)c5)C(=O)C4C3CC3C(=O)C(c4ccccc4)=CC(=O)C32c2ccccc2)cc(Br)c1O. The third-order valence-electron chi connectivity index (χ3n) is 11.8. The number of benzene rings is 4. The molecule has 4 aromatic rings. The number of allylic oxidation sites excluding steroid dienone is 4. The number of phenolic OH excluding ortho intramolecular Hbond substituents is 1. The maximum absolute atomic E-state index is 15.2. The fourth-order valence-corrected chi connectivity index (χ4v) is 9.95. The predicted molar refractivity (Wildman–Crippen MR) is 198 cm³/mol. The summed E-state index contributed by atoms with van der Waals surface area (Å²) in [5.41, 5.74) is -3.95. The lowest BCUT2D eigenvalue weighted by Crippen LogP contribution is -2.58. The lowest BCUT2D eigenvalue weighted by atomic mass is 9.44. The number of imide groups is 1. The Morgan fingerprint density at radius 3 is 2.02 bits per heavy atom. The summed E-state index contributed by atoms with van der Waals surface area (Å²) in [6.07, 6.45) is -7.76. The van der Waals surface area contributed by atoms with Crippen LogP contribution in [-0.2, 0) is 36.9 Å². The minimum Gasteiger partial charge on any atom is -0.503 e. The number of amides is 2. The summed E-state index contributed by atoms with van der Waals surface area (Å²) in [5.74, 6) is -8.78. The van der Waals surface area contributed by atoms with Crippen molar-refractivity contribution in [3.05, 3.63) is 141 Å². The van der Waals surface area contributed by atoms with Crippen molar-refractivity contribution in [2.24, 2.45) is 23.7 Å². The number of rotatable bonds is 5. The number of hydrogen-bond donors (Lipinski definition) is 1. The van der Waals surface area contributed by atoms with Crippen LogP contribution in [0, 0.1) is 23.7 Å². The largest absolute Gasteiger partial charge is 0.503 e. The van der Waals surface area contributed by atoms with Crippen LogP contribution in [-0.4, -0.2) is 35.6 Å². The first-order chi connectivity index (χ1) is 27.0. The normalized spacial score (nSPS) is 26.0. The van der Waals surface area contributed by atoms with Gasteiger partial charge in [0.1, 0.15) is 0 Å². The highest BCUT2D eigenvalue weighted by atomic mass is 79.9. The Hall–Kier alpha value is -5.50. The van der Waals surface area contributed by atoms with Crippen LogP contribution < -0.4 is 9.64 Å². The van der Waals surface area contributed by atoms with Crippen molar-refractivity contribution in [3.63, 3.8) is 0 Å². The Morgan fingerprint density at radius 1 is 0.807 bits per heavy atom. The molecule has 8 rings (SSSR count). The number of nitrogens with zero attached hydrogens (tertiary/aromatic N) is 1. The van der Waals surface area contributed by atoms with Gasteiger partial charge >= 0.3 is 12.4 Å². The Balaban J connectivity index is 1.35. The van der Waals surface area contributed by atoms with Crippen LogP contribution in [0.2, 0.25) is 0 Å². The van der Waals surface area contributed by atoms with Gasteiger partial charge in [-0.05, 0) is 87.8 Å². The highest BCUT2D eigenvalue weighted by Gasteiger charge is 2.66. The molecule has 1 aliphatic heterocycles. The number of fused-ring (bicyclic) bond motifs is 4. The first kappa shape index (κ1) is 38.4. The molecule has 1 saturated carbocycles. The van der Waals surface area contributed by atoms with Crippen molar-refractivity contribution in [1.82, 2.24) is 0 Å². The molecule has 4 aliphatic rings. The van der Waals surface area contributed by atoms with Gasteiger partial charge in [-0.1, -0.05) is 72.3 Å². The molecule has 1 N–H and O–H groups in total. The zero-order chi connectivity index (χ0) is 40.8. The number of ether oxygens (including phenoxy) is 1. The van der Waals surface area contributed by atoms with E-state index in [2.05, 4.69) is 15.9 Å². The number of ketones is 2. The maximum Gasteiger partial charge on any atom is 0.416 e. The van der Waals surface area contributed by atoms with Crippen LogP contribution in [0.5, 0.6) is 11.5 Å². The summed E-state index contributed by atoms with van der Waals surface area (Å²) in [5, 5.41) is 10.8. The molecular formula is C43H30BrF6NO6. The molecule has 3 aliphatic carbocycles. The average molecular weight is 851 g/mol. The van der Waals surface area contributed by atoms with Gasteiger partial charge in [0.15, 0.2) is 23.1 Å². The summed E-state index contributed by atoms with van der Waals surface area (Å²) >= 11 is 3.38. The number of alkyl halides is 6. The molecule has 0 radical (unpaired) electrons. The molecular weight excluding hydrogens is 820 g/mol. The number of Topliss-reactive ketones (excluding diaryl/α,β-unsaturated/α-hetero) is 1. The minimum atomic E-state index is -5.24. The second-order valence-electron chi connectivity index (χ2n) is 14.6. The van der Waals surface area contributed by atoms with Crippen molar-refractivity contribution in [1.29, 1.82) is 0 Å². The molecule has 0 aromatic heterocycles. The third-order valence-corrected chi connectivity index (χ3v) is 12.4. The molecule has 1 saturated heterocycles.